The summed E-state index contributed by atoms with van der Waals surface area (Å²) >= 11 is 0. The van der Waals surface area contributed by atoms with E-state index >= 15 is 0 Å². The third-order valence-corrected chi connectivity index (χ3v) is 5.12. The summed E-state index contributed by atoms with van der Waals surface area (Å²) in [7, 11) is 0. The Morgan fingerprint density at radius 2 is 2.03 bits per heavy atom. The summed E-state index contributed by atoms with van der Waals surface area (Å²) in [5.41, 5.74) is 3.03. The Balaban J connectivity index is 1.67. The Labute approximate surface area is 169 Å². The highest BCUT2D eigenvalue weighted by atomic mass is 19.1. The Bertz CT molecular complexity index is 1040. The lowest BCUT2D eigenvalue weighted by Gasteiger charge is -2.36. The average molecular weight is 388 g/mol. The number of carbonyl (C=O) groups is 1. The van der Waals surface area contributed by atoms with Crippen LogP contribution in [0.25, 0.3) is 5.57 Å². The molecule has 29 heavy (non-hydrogen) atoms. The number of fused-ring (bicyclic) bond motifs is 1. The third-order valence-electron chi connectivity index (χ3n) is 5.12. The van der Waals surface area contributed by atoms with Crippen LogP contribution in [0, 0.1) is 17.1 Å². The van der Waals surface area contributed by atoms with Gasteiger partial charge in [-0.2, -0.15) is 5.26 Å². The van der Waals surface area contributed by atoms with Crippen LogP contribution in [-0.4, -0.2) is 41.4 Å². The predicted octanol–water partition coefficient (Wildman–Crippen LogP) is 3.07. The molecular weight excluding hydrogens is 367 g/mol. The second kappa shape index (κ2) is 7.90. The summed E-state index contributed by atoms with van der Waals surface area (Å²) in [5.74, 6) is -0.724. The Morgan fingerprint density at radius 3 is 2.83 bits per heavy atom. The number of allylic oxidation sites excluding steroid dienone is 6. The summed E-state index contributed by atoms with van der Waals surface area (Å²) in [4.78, 5) is 16.9. The number of nitrogens with zero attached hydrogens (tertiary/aromatic N) is 3. The minimum Gasteiger partial charge on any atom is -0.368 e. The van der Waals surface area contributed by atoms with E-state index in [1.54, 1.807) is 17.0 Å². The molecule has 1 aromatic rings. The fraction of sp³-hybridized carbons (Fsp3) is 0.217. The number of hydrogen-bond donors (Lipinski definition) is 1. The summed E-state index contributed by atoms with van der Waals surface area (Å²) in [5, 5.41) is 12.5. The molecule has 146 valence electrons. The second-order valence-electron chi connectivity index (χ2n) is 7.29. The van der Waals surface area contributed by atoms with E-state index in [1.807, 2.05) is 36.6 Å². The molecule has 5 nitrogen and oxygen atoms in total. The number of nitriles is 1. The minimum absolute atomic E-state index is 0.218. The summed E-state index contributed by atoms with van der Waals surface area (Å²) in [6, 6.07) is 6.42. The van der Waals surface area contributed by atoms with E-state index in [-0.39, 0.29) is 11.5 Å². The van der Waals surface area contributed by atoms with E-state index in [0.29, 0.717) is 17.2 Å². The van der Waals surface area contributed by atoms with Crippen LogP contribution < -0.4 is 5.32 Å². The first kappa shape index (κ1) is 18.9. The van der Waals surface area contributed by atoms with Crippen molar-refractivity contribution in [2.24, 2.45) is 0 Å². The van der Waals surface area contributed by atoms with Crippen LogP contribution in [0.4, 0.5) is 4.39 Å². The number of halogens is 1. The molecule has 0 aromatic heterocycles. The largest absolute Gasteiger partial charge is 0.368 e. The van der Waals surface area contributed by atoms with Gasteiger partial charge in [0.25, 0.3) is 5.91 Å². The zero-order valence-corrected chi connectivity index (χ0v) is 16.1. The molecule has 1 atom stereocenters. The number of carbonyl (C=O) groups excluding carboxylic acids is 1. The van der Waals surface area contributed by atoms with Gasteiger partial charge >= 0.3 is 0 Å². The summed E-state index contributed by atoms with van der Waals surface area (Å²) in [6.45, 7) is 4.79. The maximum absolute atomic E-state index is 13.9. The van der Waals surface area contributed by atoms with Crippen molar-refractivity contribution in [3.8, 4) is 6.07 Å². The van der Waals surface area contributed by atoms with E-state index in [2.05, 4.69) is 17.1 Å². The van der Waals surface area contributed by atoms with Gasteiger partial charge in [0.05, 0.1) is 17.3 Å². The van der Waals surface area contributed by atoms with E-state index in [1.165, 1.54) is 18.2 Å². The van der Waals surface area contributed by atoms with Crippen molar-refractivity contribution in [3.63, 3.8) is 0 Å². The first-order valence-corrected chi connectivity index (χ1v) is 9.56. The van der Waals surface area contributed by atoms with Crippen molar-refractivity contribution in [1.82, 2.24) is 15.1 Å². The normalized spacial score (nSPS) is 24.4. The Kier molecular flexibility index (Phi) is 5.15. The smallest absolute Gasteiger partial charge is 0.255 e. The summed E-state index contributed by atoms with van der Waals surface area (Å²) in [6.07, 6.45) is 12.7. The van der Waals surface area contributed by atoms with Crippen molar-refractivity contribution in [1.29, 1.82) is 5.26 Å². The van der Waals surface area contributed by atoms with Gasteiger partial charge in [0.2, 0.25) is 0 Å². The molecule has 0 unspecified atom stereocenters. The number of piperazine rings is 1. The number of hydrogen-bond acceptors (Lipinski definition) is 4. The van der Waals surface area contributed by atoms with Crippen LogP contribution in [0.15, 0.2) is 72.2 Å². The van der Waals surface area contributed by atoms with E-state index < -0.39 is 5.82 Å². The molecule has 0 aliphatic carbocycles. The Hall–Kier alpha value is -3.43. The van der Waals surface area contributed by atoms with Crippen LogP contribution >= 0.6 is 0 Å². The van der Waals surface area contributed by atoms with Crippen LogP contribution in [0.2, 0.25) is 0 Å². The number of benzene rings is 1. The predicted molar refractivity (Wildman–Crippen MR) is 109 cm³/mol. The third kappa shape index (κ3) is 4.05. The van der Waals surface area contributed by atoms with Crippen molar-refractivity contribution in [2.45, 2.75) is 13.0 Å². The molecule has 0 bridgehead atoms. The fourth-order valence-electron chi connectivity index (χ4n) is 3.68. The lowest BCUT2D eigenvalue weighted by molar-refractivity contribution is -0.122. The van der Waals surface area contributed by atoms with Crippen molar-refractivity contribution < 1.29 is 9.18 Å². The SMILES string of the molecule is C[C@H]1CN(C2=CN3C(=O)/C=C(c4cc(F)cc(C#N)c4)\C=C\C=C3C=C2)CCN1. The molecule has 1 aromatic carbocycles. The number of nitrogens with one attached hydrogen (secondary N) is 1. The molecule has 0 radical (unpaired) electrons. The standard InChI is InChI=1S/C23H21FN4O/c1-16-14-27(8-7-26-16)22-6-5-21-4-2-3-18(12-23(29)28(21)15-22)19-9-17(13-25)10-20(24)11-19/h2-6,9-12,15-16,26H,7-8,14H2,1H3/b3-2+,18-12+,21-4?/t16-/m0/s1. The zero-order valence-electron chi connectivity index (χ0n) is 16.1. The van der Waals surface area contributed by atoms with Crippen molar-refractivity contribution in [2.75, 3.05) is 19.6 Å². The molecular formula is C23H21FN4O. The van der Waals surface area contributed by atoms with Gasteiger partial charge in [0.1, 0.15) is 5.82 Å². The average Bonchev–Trinajstić information content (AvgIpc) is 2.71. The molecule has 1 amide bonds. The lowest BCUT2D eigenvalue weighted by atomic mass is 10.0. The van der Waals surface area contributed by atoms with Gasteiger partial charge in [-0.1, -0.05) is 12.2 Å². The minimum atomic E-state index is -0.505. The molecule has 1 saturated heterocycles. The topological polar surface area (TPSA) is 59.4 Å². The van der Waals surface area contributed by atoms with E-state index in [9.17, 15) is 9.18 Å². The molecule has 3 aliphatic rings. The van der Waals surface area contributed by atoms with Crippen LogP contribution in [0.5, 0.6) is 0 Å². The van der Waals surface area contributed by atoms with Crippen molar-refractivity contribution >= 4 is 11.5 Å². The first-order valence-electron chi connectivity index (χ1n) is 9.56. The second-order valence-corrected chi connectivity index (χ2v) is 7.29. The number of amides is 1. The van der Waals surface area contributed by atoms with Crippen LogP contribution in [0.3, 0.4) is 0 Å². The molecule has 0 spiro atoms. The molecule has 1 fully saturated rings. The number of rotatable bonds is 2. The van der Waals surface area contributed by atoms with Gasteiger partial charge < -0.3 is 10.2 Å². The van der Waals surface area contributed by atoms with Gasteiger partial charge in [0, 0.05) is 43.6 Å². The fourth-order valence-corrected chi connectivity index (χ4v) is 3.68. The first-order chi connectivity index (χ1) is 14.0. The van der Waals surface area contributed by atoms with Gasteiger partial charge in [-0.3, -0.25) is 9.69 Å². The van der Waals surface area contributed by atoms with Crippen molar-refractivity contribution in [3.05, 3.63) is 89.2 Å². The molecule has 4 rings (SSSR count). The van der Waals surface area contributed by atoms with Gasteiger partial charge in [-0.15, -0.1) is 0 Å². The van der Waals surface area contributed by atoms with Crippen LogP contribution in [-0.2, 0) is 4.79 Å². The van der Waals surface area contributed by atoms with Gasteiger partial charge in [0.15, 0.2) is 0 Å². The Morgan fingerprint density at radius 1 is 1.21 bits per heavy atom. The highest BCUT2D eigenvalue weighted by molar-refractivity contribution is 6.00. The molecule has 3 heterocycles. The van der Waals surface area contributed by atoms with Crippen LogP contribution in [0.1, 0.15) is 18.1 Å². The summed E-state index contributed by atoms with van der Waals surface area (Å²) < 4.78 is 13.9. The van der Waals surface area contributed by atoms with E-state index in [4.69, 9.17) is 5.26 Å². The highest BCUT2D eigenvalue weighted by Crippen LogP contribution is 2.26. The lowest BCUT2D eigenvalue weighted by Crippen LogP contribution is -2.48. The van der Waals surface area contributed by atoms with Gasteiger partial charge in [-0.05, 0) is 54.5 Å². The highest BCUT2D eigenvalue weighted by Gasteiger charge is 2.23. The zero-order chi connectivity index (χ0) is 20.4. The molecule has 3 aliphatic heterocycles. The van der Waals surface area contributed by atoms with E-state index in [0.717, 1.165) is 31.0 Å². The monoisotopic (exact) mass is 388 g/mol. The quantitative estimate of drug-likeness (QED) is 0.846. The maximum Gasteiger partial charge on any atom is 0.255 e. The molecule has 1 N–H and O–H groups in total. The maximum atomic E-state index is 13.9. The van der Waals surface area contributed by atoms with Gasteiger partial charge in [-0.25, -0.2) is 4.39 Å². The molecule has 6 heteroatoms. The molecule has 0 saturated carbocycles.